The number of halogens is 4. The van der Waals surface area contributed by atoms with Crippen molar-refractivity contribution in [2.24, 2.45) is 0 Å². The summed E-state index contributed by atoms with van der Waals surface area (Å²) in [7, 11) is -2.20. The van der Waals surface area contributed by atoms with Gasteiger partial charge in [-0.15, -0.1) is 0 Å². The fourth-order valence-electron chi connectivity index (χ4n) is 4.04. The first-order valence-electron chi connectivity index (χ1n) is 11.8. The van der Waals surface area contributed by atoms with Crippen LogP contribution in [0.2, 0.25) is 5.02 Å². The predicted molar refractivity (Wildman–Crippen MR) is 141 cm³/mol. The van der Waals surface area contributed by atoms with Crippen LogP contribution in [0, 0.1) is 0 Å². The molecule has 0 radical (unpaired) electrons. The topological polar surface area (TPSA) is 114 Å². The summed E-state index contributed by atoms with van der Waals surface area (Å²) in [5.41, 5.74) is 2.01. The molecule has 0 unspecified atom stereocenters. The second kappa shape index (κ2) is 10.9. The van der Waals surface area contributed by atoms with E-state index in [1.165, 1.54) is 19.4 Å². The summed E-state index contributed by atoms with van der Waals surface area (Å²) in [6.07, 6.45) is -3.39. The SMILES string of the molecule is COc1cc2c(cc1Nc1ncc(Cl)c(Nc3ccccc3S(=O)(=O)C(C)C)n1)CCN(C(=O)C(F)(F)F)C2. The van der Waals surface area contributed by atoms with Gasteiger partial charge in [-0.1, -0.05) is 23.7 Å². The number of nitrogens with one attached hydrogen (secondary N) is 2. The Morgan fingerprint density at radius 2 is 1.85 bits per heavy atom. The number of aromatic nitrogens is 2. The molecule has 14 heteroatoms. The van der Waals surface area contributed by atoms with Crippen LogP contribution >= 0.6 is 11.6 Å². The minimum absolute atomic E-state index is 0.0820. The molecule has 1 aliphatic heterocycles. The lowest BCUT2D eigenvalue weighted by molar-refractivity contribution is -0.186. The smallest absolute Gasteiger partial charge is 0.471 e. The number of rotatable bonds is 7. The number of amides is 1. The normalized spacial score (nSPS) is 13.7. The van der Waals surface area contributed by atoms with Crippen molar-refractivity contribution in [1.82, 2.24) is 14.9 Å². The maximum Gasteiger partial charge on any atom is 0.471 e. The Hall–Kier alpha value is -3.58. The van der Waals surface area contributed by atoms with Crippen molar-refractivity contribution in [2.75, 3.05) is 24.3 Å². The van der Waals surface area contributed by atoms with Crippen molar-refractivity contribution in [3.63, 3.8) is 0 Å². The zero-order valence-electron chi connectivity index (χ0n) is 21.1. The number of methoxy groups -OCH3 is 1. The largest absolute Gasteiger partial charge is 0.495 e. The van der Waals surface area contributed by atoms with E-state index in [1.54, 1.807) is 44.2 Å². The van der Waals surface area contributed by atoms with Crippen molar-refractivity contribution in [2.45, 2.75) is 43.1 Å². The average molecular weight is 584 g/mol. The minimum atomic E-state index is -4.94. The molecule has 1 aliphatic rings. The van der Waals surface area contributed by atoms with Crippen LogP contribution in [0.4, 0.5) is 36.3 Å². The molecule has 0 spiro atoms. The summed E-state index contributed by atoms with van der Waals surface area (Å²) in [6.45, 7) is 2.89. The number of ether oxygens (including phenoxy) is 1. The third-order valence-corrected chi connectivity index (χ3v) is 8.61. The molecule has 3 aromatic rings. The molecule has 208 valence electrons. The Kier molecular flexibility index (Phi) is 7.94. The van der Waals surface area contributed by atoms with Crippen molar-refractivity contribution >= 4 is 50.5 Å². The molecular weight excluding hydrogens is 559 g/mol. The molecule has 4 rings (SSSR count). The molecule has 2 heterocycles. The highest BCUT2D eigenvalue weighted by molar-refractivity contribution is 7.92. The first-order valence-corrected chi connectivity index (χ1v) is 13.7. The lowest BCUT2D eigenvalue weighted by Gasteiger charge is -2.30. The number of hydrogen-bond acceptors (Lipinski definition) is 8. The monoisotopic (exact) mass is 583 g/mol. The third kappa shape index (κ3) is 6.04. The van der Waals surface area contributed by atoms with Crippen molar-refractivity contribution in [3.05, 3.63) is 58.7 Å². The van der Waals surface area contributed by atoms with Crippen LogP contribution < -0.4 is 15.4 Å². The third-order valence-electron chi connectivity index (χ3n) is 6.12. The number of anilines is 4. The highest BCUT2D eigenvalue weighted by Gasteiger charge is 2.43. The Morgan fingerprint density at radius 3 is 2.51 bits per heavy atom. The second-order valence-corrected chi connectivity index (χ2v) is 11.9. The van der Waals surface area contributed by atoms with Crippen LogP contribution in [0.5, 0.6) is 5.75 Å². The zero-order chi connectivity index (χ0) is 28.5. The van der Waals surface area contributed by atoms with Crippen LogP contribution in [-0.2, 0) is 27.6 Å². The average Bonchev–Trinajstić information content (AvgIpc) is 2.89. The fraction of sp³-hybridized carbons (Fsp3) is 0.320. The van der Waals surface area contributed by atoms with E-state index in [-0.39, 0.29) is 41.2 Å². The van der Waals surface area contributed by atoms with Gasteiger partial charge in [-0.2, -0.15) is 18.2 Å². The molecule has 2 aromatic carbocycles. The molecule has 0 aliphatic carbocycles. The molecule has 0 bridgehead atoms. The standard InChI is InChI=1S/C25H25ClF3N5O4S/c1-14(2)39(36,37)21-7-5-4-6-18(21)31-22-17(26)12-30-24(33-22)32-19-10-15-8-9-34(23(35)25(27,28)29)13-16(15)11-20(19)38-3/h4-7,10-12,14H,8-9,13H2,1-3H3,(H2,30,31,32,33). The van der Waals surface area contributed by atoms with E-state index in [1.807, 2.05) is 0 Å². The van der Waals surface area contributed by atoms with E-state index in [0.717, 1.165) is 10.5 Å². The molecule has 1 amide bonds. The number of sulfone groups is 1. The summed E-state index contributed by atoms with van der Waals surface area (Å²) < 4.78 is 69.7. The van der Waals surface area contributed by atoms with E-state index in [4.69, 9.17) is 16.3 Å². The van der Waals surface area contributed by atoms with Crippen LogP contribution in [0.25, 0.3) is 0 Å². The second-order valence-electron chi connectivity index (χ2n) is 9.03. The van der Waals surface area contributed by atoms with Gasteiger partial charge in [-0.3, -0.25) is 4.79 Å². The number of benzene rings is 2. The summed E-state index contributed by atoms with van der Waals surface area (Å²) in [6, 6.07) is 9.66. The Bertz CT molecular complexity index is 1520. The predicted octanol–water partition coefficient (Wildman–Crippen LogP) is 5.25. The summed E-state index contributed by atoms with van der Waals surface area (Å²) >= 11 is 6.30. The maximum atomic E-state index is 12.9. The quantitative estimate of drug-likeness (QED) is 0.387. The maximum absolute atomic E-state index is 12.9. The first kappa shape index (κ1) is 28.4. The van der Waals surface area contributed by atoms with Crippen molar-refractivity contribution < 1.29 is 31.1 Å². The molecule has 39 heavy (non-hydrogen) atoms. The van der Waals surface area contributed by atoms with E-state index < -0.39 is 27.2 Å². The zero-order valence-corrected chi connectivity index (χ0v) is 22.7. The van der Waals surface area contributed by atoms with Gasteiger partial charge in [0, 0.05) is 13.1 Å². The molecule has 0 saturated heterocycles. The van der Waals surface area contributed by atoms with E-state index >= 15 is 0 Å². The van der Waals surface area contributed by atoms with Gasteiger partial charge >= 0.3 is 12.1 Å². The van der Waals surface area contributed by atoms with E-state index in [0.29, 0.717) is 22.7 Å². The van der Waals surface area contributed by atoms with Gasteiger partial charge in [-0.25, -0.2) is 13.4 Å². The number of nitrogens with zero attached hydrogens (tertiary/aromatic N) is 3. The van der Waals surface area contributed by atoms with E-state index in [2.05, 4.69) is 20.6 Å². The van der Waals surface area contributed by atoms with E-state index in [9.17, 15) is 26.4 Å². The molecule has 0 saturated carbocycles. The molecule has 9 nitrogen and oxygen atoms in total. The van der Waals surface area contributed by atoms with Gasteiger partial charge in [-0.05, 0) is 55.7 Å². The van der Waals surface area contributed by atoms with Crippen LogP contribution in [-0.4, -0.2) is 54.3 Å². The minimum Gasteiger partial charge on any atom is -0.495 e. The number of carbonyl (C=O) groups is 1. The van der Waals surface area contributed by atoms with Gasteiger partial charge in [0.15, 0.2) is 15.7 Å². The van der Waals surface area contributed by atoms with Crippen LogP contribution in [0.1, 0.15) is 25.0 Å². The fourth-order valence-corrected chi connectivity index (χ4v) is 5.38. The molecular formula is C25H25ClF3N5O4S. The Labute approximate surface area is 228 Å². The molecule has 2 N–H and O–H groups in total. The van der Waals surface area contributed by atoms with Crippen molar-refractivity contribution in [1.29, 1.82) is 0 Å². The highest BCUT2D eigenvalue weighted by Crippen LogP contribution is 2.35. The highest BCUT2D eigenvalue weighted by atomic mass is 35.5. The van der Waals surface area contributed by atoms with Gasteiger partial charge in [0.2, 0.25) is 5.95 Å². The van der Waals surface area contributed by atoms with Crippen LogP contribution in [0.3, 0.4) is 0 Å². The molecule has 0 fully saturated rings. The summed E-state index contributed by atoms with van der Waals surface area (Å²) in [5, 5.41) is 5.49. The Balaban J connectivity index is 1.61. The number of carbonyl (C=O) groups excluding carboxylic acids is 1. The van der Waals surface area contributed by atoms with Gasteiger partial charge < -0.3 is 20.3 Å². The molecule has 0 atom stereocenters. The molecule has 1 aromatic heterocycles. The first-order chi connectivity index (χ1) is 18.3. The van der Waals surface area contributed by atoms with Gasteiger partial charge in [0.1, 0.15) is 10.8 Å². The summed E-state index contributed by atoms with van der Waals surface area (Å²) in [5.74, 6) is -1.32. The lowest BCUT2D eigenvalue weighted by atomic mass is 9.98. The van der Waals surface area contributed by atoms with Gasteiger partial charge in [0.25, 0.3) is 0 Å². The van der Waals surface area contributed by atoms with Gasteiger partial charge in [0.05, 0.1) is 34.8 Å². The van der Waals surface area contributed by atoms with Crippen LogP contribution in [0.15, 0.2) is 47.5 Å². The lowest BCUT2D eigenvalue weighted by Crippen LogP contribution is -2.43. The number of para-hydroxylation sites is 1. The number of alkyl halides is 3. The number of hydrogen-bond donors (Lipinski definition) is 2. The number of fused-ring (bicyclic) bond motifs is 1. The van der Waals surface area contributed by atoms with Crippen molar-refractivity contribution in [3.8, 4) is 5.75 Å². The Morgan fingerprint density at radius 1 is 1.13 bits per heavy atom. The summed E-state index contributed by atoms with van der Waals surface area (Å²) in [4.78, 5) is 21.1.